The molecule has 0 fully saturated rings. The number of aromatic nitrogens is 2. The molecule has 0 bridgehead atoms. The summed E-state index contributed by atoms with van der Waals surface area (Å²) in [6.45, 7) is 4.22. The Kier molecular flexibility index (Phi) is 2.43. The minimum Gasteiger partial charge on any atom is -0.338 e. The Morgan fingerprint density at radius 2 is 2.30 bits per heavy atom. The van der Waals surface area contributed by atoms with Crippen molar-refractivity contribution in [2.45, 2.75) is 20.3 Å². The van der Waals surface area contributed by atoms with Gasteiger partial charge in [-0.05, 0) is 27.0 Å². The topological polar surface area (TPSA) is 38.9 Å². The standard InChI is InChI=1S/C6H9BrN2O/c1-4(2)3-5-8-6(7)9-10-5/h4H,3H2,1-2H3. The van der Waals surface area contributed by atoms with Gasteiger partial charge >= 0.3 is 0 Å². The summed E-state index contributed by atoms with van der Waals surface area (Å²) >= 11 is 3.11. The summed E-state index contributed by atoms with van der Waals surface area (Å²) in [5.41, 5.74) is 0. The molecule has 0 aliphatic carbocycles. The van der Waals surface area contributed by atoms with Gasteiger partial charge in [0, 0.05) is 6.42 Å². The van der Waals surface area contributed by atoms with Crippen molar-refractivity contribution in [3.8, 4) is 0 Å². The normalized spacial score (nSPS) is 10.8. The minimum atomic E-state index is 0.531. The molecule has 1 aromatic rings. The quantitative estimate of drug-likeness (QED) is 0.741. The Morgan fingerprint density at radius 1 is 1.60 bits per heavy atom. The van der Waals surface area contributed by atoms with Gasteiger partial charge in [0.2, 0.25) is 10.6 Å². The molecule has 0 amide bonds. The molecule has 0 aliphatic rings. The first kappa shape index (κ1) is 7.72. The van der Waals surface area contributed by atoms with E-state index in [2.05, 4.69) is 39.9 Å². The summed E-state index contributed by atoms with van der Waals surface area (Å²) in [5, 5.41) is 3.60. The average Bonchev–Trinajstić information content (AvgIpc) is 2.13. The SMILES string of the molecule is CC(C)Cc1nc(Br)no1. The highest BCUT2D eigenvalue weighted by Gasteiger charge is 2.04. The summed E-state index contributed by atoms with van der Waals surface area (Å²) in [6.07, 6.45) is 0.846. The van der Waals surface area contributed by atoms with Crippen molar-refractivity contribution >= 4 is 15.9 Å². The van der Waals surface area contributed by atoms with E-state index in [0.717, 1.165) is 6.42 Å². The number of rotatable bonds is 2. The molecule has 0 atom stereocenters. The lowest BCUT2D eigenvalue weighted by atomic mass is 10.1. The molecule has 0 saturated heterocycles. The van der Waals surface area contributed by atoms with Gasteiger partial charge in [-0.3, -0.25) is 0 Å². The van der Waals surface area contributed by atoms with E-state index >= 15 is 0 Å². The highest BCUT2D eigenvalue weighted by atomic mass is 79.9. The molecule has 0 radical (unpaired) electrons. The van der Waals surface area contributed by atoms with Gasteiger partial charge in [-0.25, -0.2) is 0 Å². The van der Waals surface area contributed by atoms with Crippen LogP contribution in [0.2, 0.25) is 0 Å². The molecule has 1 aromatic heterocycles. The van der Waals surface area contributed by atoms with Crippen LogP contribution in [-0.2, 0) is 6.42 Å². The highest BCUT2D eigenvalue weighted by molar-refractivity contribution is 9.10. The van der Waals surface area contributed by atoms with Crippen LogP contribution in [0.3, 0.4) is 0 Å². The van der Waals surface area contributed by atoms with Gasteiger partial charge in [-0.1, -0.05) is 13.8 Å². The molecule has 0 N–H and O–H groups in total. The molecule has 56 valence electrons. The predicted molar refractivity (Wildman–Crippen MR) is 40.5 cm³/mol. The van der Waals surface area contributed by atoms with Crippen LogP contribution in [0.4, 0.5) is 0 Å². The second-order valence-corrected chi connectivity index (χ2v) is 3.26. The summed E-state index contributed by atoms with van der Waals surface area (Å²) in [4.78, 5) is 3.99. The number of nitrogens with zero attached hydrogens (tertiary/aromatic N) is 2. The van der Waals surface area contributed by atoms with E-state index in [9.17, 15) is 0 Å². The van der Waals surface area contributed by atoms with Crippen molar-refractivity contribution in [1.29, 1.82) is 0 Å². The minimum absolute atomic E-state index is 0.531. The van der Waals surface area contributed by atoms with E-state index in [-0.39, 0.29) is 0 Å². The van der Waals surface area contributed by atoms with Gasteiger partial charge < -0.3 is 4.52 Å². The smallest absolute Gasteiger partial charge is 0.238 e. The Labute approximate surface area is 67.9 Å². The zero-order valence-corrected chi connectivity index (χ0v) is 7.55. The van der Waals surface area contributed by atoms with Crippen LogP contribution in [0.15, 0.2) is 9.26 Å². The Bertz CT molecular complexity index is 209. The largest absolute Gasteiger partial charge is 0.338 e. The molecular weight excluding hydrogens is 196 g/mol. The zero-order valence-electron chi connectivity index (χ0n) is 5.97. The number of hydrogen-bond donors (Lipinski definition) is 0. The molecule has 1 rings (SSSR count). The second-order valence-electron chi connectivity index (χ2n) is 2.56. The first-order valence-electron chi connectivity index (χ1n) is 3.16. The number of halogens is 1. The van der Waals surface area contributed by atoms with E-state index in [1.54, 1.807) is 0 Å². The molecule has 1 heterocycles. The maximum atomic E-state index is 4.87. The summed E-state index contributed by atoms with van der Waals surface area (Å²) in [7, 11) is 0. The third kappa shape index (κ3) is 2.10. The van der Waals surface area contributed by atoms with Crippen LogP contribution in [0.1, 0.15) is 19.7 Å². The second kappa shape index (κ2) is 3.14. The lowest BCUT2D eigenvalue weighted by molar-refractivity contribution is 0.360. The maximum Gasteiger partial charge on any atom is 0.238 e. The fourth-order valence-electron chi connectivity index (χ4n) is 0.666. The summed E-state index contributed by atoms with van der Waals surface area (Å²) in [6, 6.07) is 0. The molecule has 4 heteroatoms. The van der Waals surface area contributed by atoms with E-state index in [1.165, 1.54) is 0 Å². The lowest BCUT2D eigenvalue weighted by Crippen LogP contribution is -1.93. The molecule has 0 saturated carbocycles. The first-order valence-corrected chi connectivity index (χ1v) is 3.96. The zero-order chi connectivity index (χ0) is 7.56. The monoisotopic (exact) mass is 204 g/mol. The van der Waals surface area contributed by atoms with Crippen LogP contribution in [0.25, 0.3) is 0 Å². The van der Waals surface area contributed by atoms with Crippen LogP contribution in [0.5, 0.6) is 0 Å². The van der Waals surface area contributed by atoms with Gasteiger partial charge in [0.05, 0.1) is 0 Å². The van der Waals surface area contributed by atoms with Gasteiger partial charge in [0.25, 0.3) is 0 Å². The first-order chi connectivity index (χ1) is 4.68. The molecule has 3 nitrogen and oxygen atoms in total. The molecule has 0 spiro atoms. The average molecular weight is 205 g/mol. The van der Waals surface area contributed by atoms with Gasteiger partial charge in [-0.15, -0.1) is 0 Å². The predicted octanol–water partition coefficient (Wildman–Crippen LogP) is 2.03. The third-order valence-corrected chi connectivity index (χ3v) is 1.35. The van der Waals surface area contributed by atoms with Crippen LogP contribution >= 0.6 is 15.9 Å². The van der Waals surface area contributed by atoms with Crippen LogP contribution in [0, 0.1) is 5.92 Å². The van der Waals surface area contributed by atoms with Crippen molar-refractivity contribution in [3.63, 3.8) is 0 Å². The van der Waals surface area contributed by atoms with Crippen molar-refractivity contribution < 1.29 is 4.52 Å². The summed E-state index contributed by atoms with van der Waals surface area (Å²) < 4.78 is 5.40. The molecule has 0 aliphatic heterocycles. The fraction of sp³-hybridized carbons (Fsp3) is 0.667. The van der Waals surface area contributed by atoms with Crippen LogP contribution < -0.4 is 0 Å². The van der Waals surface area contributed by atoms with Crippen LogP contribution in [-0.4, -0.2) is 10.1 Å². The van der Waals surface area contributed by atoms with Gasteiger partial charge in [0.15, 0.2) is 0 Å². The Balaban J connectivity index is 2.58. The number of hydrogen-bond acceptors (Lipinski definition) is 3. The molecule has 0 aromatic carbocycles. The molecule has 10 heavy (non-hydrogen) atoms. The fourth-order valence-corrected chi connectivity index (χ4v) is 0.936. The van der Waals surface area contributed by atoms with E-state index in [0.29, 0.717) is 16.5 Å². The Morgan fingerprint density at radius 3 is 2.70 bits per heavy atom. The van der Waals surface area contributed by atoms with E-state index in [4.69, 9.17) is 4.52 Å². The van der Waals surface area contributed by atoms with Crippen molar-refractivity contribution in [1.82, 2.24) is 10.1 Å². The third-order valence-electron chi connectivity index (χ3n) is 1.03. The Hall–Kier alpha value is -0.380. The van der Waals surface area contributed by atoms with Crippen molar-refractivity contribution in [2.75, 3.05) is 0 Å². The van der Waals surface area contributed by atoms with Gasteiger partial charge in [0.1, 0.15) is 0 Å². The molecule has 0 unspecified atom stereocenters. The highest BCUT2D eigenvalue weighted by Crippen LogP contribution is 2.08. The van der Waals surface area contributed by atoms with E-state index < -0.39 is 0 Å². The van der Waals surface area contributed by atoms with Crippen molar-refractivity contribution in [3.05, 3.63) is 10.6 Å². The van der Waals surface area contributed by atoms with Crippen molar-refractivity contribution in [2.24, 2.45) is 5.92 Å². The lowest BCUT2D eigenvalue weighted by Gasteiger charge is -1.95. The van der Waals surface area contributed by atoms with Gasteiger partial charge in [-0.2, -0.15) is 4.98 Å². The molecular formula is C6H9BrN2O. The van der Waals surface area contributed by atoms with E-state index in [1.807, 2.05) is 0 Å². The maximum absolute atomic E-state index is 4.87. The summed E-state index contributed by atoms with van der Waals surface area (Å²) in [5.74, 6) is 1.26.